The zero-order chi connectivity index (χ0) is 23.9. The molecule has 4 aromatic rings. The minimum atomic E-state index is -0.633. The highest BCUT2D eigenvalue weighted by molar-refractivity contribution is 7.15. The summed E-state index contributed by atoms with van der Waals surface area (Å²) in [6.07, 6.45) is 0.0771. The van der Waals surface area contributed by atoms with Crippen molar-refractivity contribution in [3.05, 3.63) is 68.7 Å². The molecule has 0 bridgehead atoms. The third kappa shape index (κ3) is 4.06. The first kappa shape index (κ1) is 22.8. The zero-order valence-electron chi connectivity index (χ0n) is 18.7. The van der Waals surface area contributed by atoms with Crippen LogP contribution in [0.1, 0.15) is 30.9 Å². The molecular formula is C23H23F2N5O2S. The molecule has 33 heavy (non-hydrogen) atoms. The molecule has 0 N–H and O–H groups in total. The Labute approximate surface area is 192 Å². The Bertz CT molecular complexity index is 1420. The van der Waals surface area contributed by atoms with Crippen molar-refractivity contribution >= 4 is 22.2 Å². The molecule has 4 rings (SSSR count). The third-order valence-corrected chi connectivity index (χ3v) is 6.42. The molecule has 0 unspecified atom stereocenters. The van der Waals surface area contributed by atoms with E-state index in [1.807, 2.05) is 13.8 Å². The Kier molecular flexibility index (Phi) is 6.11. The van der Waals surface area contributed by atoms with E-state index in [0.717, 1.165) is 18.2 Å². The average Bonchev–Trinajstić information content (AvgIpc) is 3.34. The fourth-order valence-corrected chi connectivity index (χ4v) is 4.78. The maximum absolute atomic E-state index is 14.3. The summed E-state index contributed by atoms with van der Waals surface area (Å²) >= 11 is 1.29. The van der Waals surface area contributed by atoms with E-state index in [1.54, 1.807) is 30.2 Å². The summed E-state index contributed by atoms with van der Waals surface area (Å²) in [5.41, 5.74) is 1.69. The van der Waals surface area contributed by atoms with E-state index in [9.17, 15) is 18.4 Å². The molecule has 0 radical (unpaired) electrons. The Morgan fingerprint density at radius 2 is 1.88 bits per heavy atom. The molecule has 0 fully saturated rings. The number of thiazole rings is 1. The summed E-state index contributed by atoms with van der Waals surface area (Å²) in [4.78, 5) is 32.9. The van der Waals surface area contributed by atoms with Gasteiger partial charge in [0.25, 0.3) is 5.56 Å². The predicted octanol–water partition coefficient (Wildman–Crippen LogP) is 3.91. The number of hydrogen-bond acceptors (Lipinski definition) is 5. The van der Waals surface area contributed by atoms with Gasteiger partial charge in [-0.25, -0.2) is 18.4 Å². The summed E-state index contributed by atoms with van der Waals surface area (Å²) in [6.45, 7) is 8.38. The van der Waals surface area contributed by atoms with Crippen LogP contribution in [0.4, 0.5) is 8.78 Å². The number of carbonyl (C=O) groups excluding carboxylic acids is 1. The van der Waals surface area contributed by atoms with Crippen molar-refractivity contribution < 1.29 is 13.6 Å². The molecule has 7 nitrogen and oxygen atoms in total. The molecule has 0 atom stereocenters. The number of hydrogen-bond donors (Lipinski definition) is 0. The zero-order valence-corrected chi connectivity index (χ0v) is 19.5. The number of benzene rings is 1. The summed E-state index contributed by atoms with van der Waals surface area (Å²) in [7, 11) is 0. The molecule has 172 valence electrons. The molecule has 0 aliphatic rings. The van der Waals surface area contributed by atoms with Crippen molar-refractivity contribution in [2.75, 3.05) is 13.1 Å². The summed E-state index contributed by atoms with van der Waals surface area (Å²) in [6, 6.07) is 4.75. The van der Waals surface area contributed by atoms with Gasteiger partial charge in [-0.3, -0.25) is 14.0 Å². The van der Waals surface area contributed by atoms with Crippen LogP contribution < -0.4 is 5.56 Å². The van der Waals surface area contributed by atoms with Crippen LogP contribution in [0.3, 0.4) is 0 Å². The molecule has 0 spiro atoms. The number of rotatable bonds is 6. The maximum atomic E-state index is 14.3. The average molecular weight is 472 g/mol. The molecule has 3 aromatic heterocycles. The van der Waals surface area contributed by atoms with Crippen molar-refractivity contribution in [3.63, 3.8) is 0 Å². The fraction of sp³-hybridized carbons (Fsp3) is 0.304. The standard InChI is InChI=1S/C23H23F2N5O2S/c1-5-28(6-2)20(31)11-16-12-33-23-26-14(4)21(22(32)29(16)23)18-9-13(3)30(27-18)19-10-15(24)7-8-17(19)25/h7-10,12H,5-6,11H2,1-4H3. The quantitative estimate of drug-likeness (QED) is 0.427. The van der Waals surface area contributed by atoms with Crippen molar-refractivity contribution in [1.82, 2.24) is 24.1 Å². The first-order valence-corrected chi connectivity index (χ1v) is 11.4. The summed E-state index contributed by atoms with van der Waals surface area (Å²) < 4.78 is 30.7. The van der Waals surface area contributed by atoms with E-state index in [2.05, 4.69) is 10.1 Å². The van der Waals surface area contributed by atoms with Gasteiger partial charge in [-0.15, -0.1) is 11.3 Å². The van der Waals surface area contributed by atoms with Gasteiger partial charge >= 0.3 is 0 Å². The molecule has 1 aromatic carbocycles. The minimum Gasteiger partial charge on any atom is -0.343 e. The number of likely N-dealkylation sites (N-methyl/N-ethyl adjacent to an activating group) is 1. The summed E-state index contributed by atoms with van der Waals surface area (Å²) in [5, 5.41) is 6.16. The number of amides is 1. The predicted molar refractivity (Wildman–Crippen MR) is 123 cm³/mol. The van der Waals surface area contributed by atoms with Crippen LogP contribution in [0.25, 0.3) is 21.9 Å². The maximum Gasteiger partial charge on any atom is 0.268 e. The van der Waals surface area contributed by atoms with Gasteiger partial charge in [0.1, 0.15) is 23.0 Å². The van der Waals surface area contributed by atoms with Crippen LogP contribution in [-0.4, -0.2) is 43.1 Å². The van der Waals surface area contributed by atoms with Crippen LogP contribution >= 0.6 is 11.3 Å². The van der Waals surface area contributed by atoms with Gasteiger partial charge < -0.3 is 4.90 Å². The van der Waals surface area contributed by atoms with Crippen molar-refractivity contribution in [3.8, 4) is 16.9 Å². The number of halogens is 2. The second-order valence-corrected chi connectivity index (χ2v) is 8.48. The molecule has 3 heterocycles. The first-order valence-electron chi connectivity index (χ1n) is 10.5. The van der Waals surface area contributed by atoms with Gasteiger partial charge in [-0.2, -0.15) is 5.10 Å². The molecule has 0 aliphatic heterocycles. The number of carbonyl (C=O) groups is 1. The van der Waals surface area contributed by atoms with Crippen LogP contribution in [0.15, 0.2) is 34.4 Å². The number of fused-ring (bicyclic) bond motifs is 1. The topological polar surface area (TPSA) is 72.5 Å². The second kappa shape index (κ2) is 8.86. The lowest BCUT2D eigenvalue weighted by molar-refractivity contribution is -0.130. The van der Waals surface area contributed by atoms with E-state index >= 15 is 0 Å². The SMILES string of the molecule is CCN(CC)C(=O)Cc1csc2nc(C)c(-c3cc(C)n(-c4cc(F)ccc4F)n3)c(=O)n12. The molecular weight excluding hydrogens is 448 g/mol. The Morgan fingerprint density at radius 1 is 1.15 bits per heavy atom. The number of nitrogens with zero attached hydrogens (tertiary/aromatic N) is 5. The Hall–Kier alpha value is -3.40. The van der Waals surface area contributed by atoms with Crippen LogP contribution in [0, 0.1) is 25.5 Å². The molecule has 0 saturated carbocycles. The first-order chi connectivity index (χ1) is 15.7. The van der Waals surface area contributed by atoms with Gasteiger partial charge in [0, 0.05) is 35.9 Å². The third-order valence-electron chi connectivity index (χ3n) is 5.55. The molecule has 10 heteroatoms. The highest BCUT2D eigenvalue weighted by Crippen LogP contribution is 2.25. The molecule has 1 amide bonds. The minimum absolute atomic E-state index is 0.0495. The van der Waals surface area contributed by atoms with Crippen LogP contribution in [0.5, 0.6) is 0 Å². The molecule has 0 saturated heterocycles. The Morgan fingerprint density at radius 3 is 2.58 bits per heavy atom. The number of aromatic nitrogens is 4. The smallest absolute Gasteiger partial charge is 0.268 e. The highest BCUT2D eigenvalue weighted by Gasteiger charge is 2.21. The van der Waals surface area contributed by atoms with Gasteiger partial charge in [0.2, 0.25) is 5.91 Å². The van der Waals surface area contributed by atoms with E-state index in [0.29, 0.717) is 40.8 Å². The lowest BCUT2D eigenvalue weighted by Crippen LogP contribution is -2.32. The van der Waals surface area contributed by atoms with Gasteiger partial charge in [-0.1, -0.05) is 0 Å². The van der Waals surface area contributed by atoms with E-state index < -0.39 is 11.6 Å². The molecule has 0 aliphatic carbocycles. The lowest BCUT2D eigenvalue weighted by atomic mass is 10.1. The number of aryl methyl sites for hydroxylation is 2. The highest BCUT2D eigenvalue weighted by atomic mass is 32.1. The normalized spacial score (nSPS) is 11.3. The summed E-state index contributed by atoms with van der Waals surface area (Å²) in [5.74, 6) is -1.30. The van der Waals surface area contributed by atoms with Crippen LogP contribution in [-0.2, 0) is 11.2 Å². The lowest BCUT2D eigenvalue weighted by Gasteiger charge is -2.18. The van der Waals surface area contributed by atoms with Crippen molar-refractivity contribution in [1.29, 1.82) is 0 Å². The van der Waals surface area contributed by atoms with Gasteiger partial charge in [0.05, 0.1) is 17.7 Å². The fourth-order valence-electron chi connectivity index (χ4n) is 3.86. The van der Waals surface area contributed by atoms with Crippen LogP contribution in [0.2, 0.25) is 0 Å². The van der Waals surface area contributed by atoms with Gasteiger partial charge in [0.15, 0.2) is 4.96 Å². The van der Waals surface area contributed by atoms with E-state index in [-0.39, 0.29) is 29.1 Å². The van der Waals surface area contributed by atoms with E-state index in [4.69, 9.17) is 0 Å². The second-order valence-electron chi connectivity index (χ2n) is 7.64. The van der Waals surface area contributed by atoms with E-state index in [1.165, 1.54) is 20.4 Å². The van der Waals surface area contributed by atoms with Crippen molar-refractivity contribution in [2.24, 2.45) is 0 Å². The van der Waals surface area contributed by atoms with Crippen molar-refractivity contribution in [2.45, 2.75) is 34.1 Å². The monoisotopic (exact) mass is 471 g/mol. The largest absolute Gasteiger partial charge is 0.343 e. The Balaban J connectivity index is 1.83. The van der Waals surface area contributed by atoms with Gasteiger partial charge in [-0.05, 0) is 45.9 Å².